The van der Waals surface area contributed by atoms with Gasteiger partial charge < -0.3 is 5.32 Å². The molecule has 2 aromatic rings. The van der Waals surface area contributed by atoms with Crippen molar-refractivity contribution in [1.82, 2.24) is 14.8 Å². The van der Waals surface area contributed by atoms with Crippen molar-refractivity contribution >= 4 is 5.95 Å². The maximum Gasteiger partial charge on any atom is 0.226 e. The summed E-state index contributed by atoms with van der Waals surface area (Å²) in [6, 6.07) is 10.8. The molecule has 1 aromatic heterocycles. The maximum absolute atomic E-state index is 4.41. The lowest BCUT2D eigenvalue weighted by Crippen LogP contribution is -2.27. The van der Waals surface area contributed by atoms with Crippen LogP contribution in [0.2, 0.25) is 0 Å². The lowest BCUT2D eigenvalue weighted by Gasteiger charge is -2.33. The van der Waals surface area contributed by atoms with E-state index in [4.69, 9.17) is 0 Å². The quantitative estimate of drug-likeness (QED) is 0.848. The molecule has 1 aliphatic heterocycles. The van der Waals surface area contributed by atoms with E-state index in [0.29, 0.717) is 0 Å². The molecule has 0 unspecified atom stereocenters. The number of fused-ring (bicyclic) bond motifs is 1. The molecule has 1 N–H and O–H groups in total. The molecule has 1 atom stereocenters. The molecule has 0 radical (unpaired) electrons. The van der Waals surface area contributed by atoms with E-state index in [1.54, 1.807) is 6.33 Å². The fourth-order valence-corrected chi connectivity index (χ4v) is 3.16. The first kappa shape index (κ1) is 10.8. The van der Waals surface area contributed by atoms with Gasteiger partial charge in [0.25, 0.3) is 0 Å². The Balaban J connectivity index is 1.88. The number of rotatable bonds is 1. The molecule has 4 rings (SSSR count). The molecule has 0 spiro atoms. The number of aromatic nitrogens is 3. The summed E-state index contributed by atoms with van der Waals surface area (Å²) < 4.78 is 2.01. The predicted molar refractivity (Wildman–Crippen MR) is 73.7 cm³/mol. The van der Waals surface area contributed by atoms with Gasteiger partial charge in [0, 0.05) is 5.70 Å². The summed E-state index contributed by atoms with van der Waals surface area (Å²) in [6.45, 7) is 0. The van der Waals surface area contributed by atoms with Crippen LogP contribution in [0.15, 0.2) is 47.9 Å². The van der Waals surface area contributed by atoms with E-state index in [2.05, 4.69) is 45.7 Å². The number of benzene rings is 1. The van der Waals surface area contributed by atoms with E-state index in [0.717, 1.165) is 18.8 Å². The van der Waals surface area contributed by atoms with Crippen LogP contribution < -0.4 is 5.32 Å². The molecule has 2 aliphatic rings. The normalized spacial score (nSPS) is 21.6. The zero-order valence-corrected chi connectivity index (χ0v) is 10.7. The Labute approximate surface area is 112 Å². The van der Waals surface area contributed by atoms with Gasteiger partial charge in [-0.05, 0) is 36.8 Å². The SMILES string of the molecule is c1ccc([C@H]2C3=C(CCCC3)Nc3ncnn32)cc1. The second-order valence-electron chi connectivity index (χ2n) is 5.18. The van der Waals surface area contributed by atoms with Gasteiger partial charge in [0.2, 0.25) is 5.95 Å². The molecule has 0 saturated heterocycles. The molecule has 4 nitrogen and oxygen atoms in total. The number of anilines is 1. The zero-order valence-electron chi connectivity index (χ0n) is 10.7. The van der Waals surface area contributed by atoms with E-state index in [1.165, 1.54) is 29.7 Å². The smallest absolute Gasteiger partial charge is 0.226 e. The topological polar surface area (TPSA) is 42.7 Å². The average molecular weight is 252 g/mol. The Bertz CT molecular complexity index is 627. The number of hydrogen-bond acceptors (Lipinski definition) is 3. The number of nitrogens with one attached hydrogen (secondary N) is 1. The highest BCUT2D eigenvalue weighted by Gasteiger charge is 2.31. The van der Waals surface area contributed by atoms with Crippen LogP contribution in [-0.2, 0) is 0 Å². The molecule has 0 amide bonds. The summed E-state index contributed by atoms with van der Waals surface area (Å²) in [6.07, 6.45) is 6.46. The van der Waals surface area contributed by atoms with Crippen LogP contribution in [-0.4, -0.2) is 14.8 Å². The third-order valence-electron chi connectivity index (χ3n) is 4.04. The summed E-state index contributed by atoms with van der Waals surface area (Å²) in [5.74, 6) is 0.870. The lowest BCUT2D eigenvalue weighted by atomic mass is 9.86. The molecule has 2 heterocycles. The van der Waals surface area contributed by atoms with Crippen molar-refractivity contribution < 1.29 is 0 Å². The Kier molecular flexibility index (Phi) is 2.40. The van der Waals surface area contributed by atoms with Crippen LogP contribution in [0.3, 0.4) is 0 Å². The molecule has 96 valence electrons. The van der Waals surface area contributed by atoms with Gasteiger partial charge in [0.15, 0.2) is 0 Å². The van der Waals surface area contributed by atoms with Gasteiger partial charge in [-0.2, -0.15) is 10.1 Å². The van der Waals surface area contributed by atoms with Crippen LogP contribution in [0.25, 0.3) is 0 Å². The molecule has 1 aliphatic carbocycles. The van der Waals surface area contributed by atoms with Crippen molar-refractivity contribution in [3.8, 4) is 0 Å². The molecule has 4 heteroatoms. The Morgan fingerprint density at radius 3 is 2.84 bits per heavy atom. The third kappa shape index (κ3) is 1.67. The van der Waals surface area contributed by atoms with Crippen LogP contribution in [0.4, 0.5) is 5.95 Å². The second-order valence-corrected chi connectivity index (χ2v) is 5.18. The summed E-state index contributed by atoms with van der Waals surface area (Å²) in [5.41, 5.74) is 4.14. The van der Waals surface area contributed by atoms with Gasteiger partial charge in [0.1, 0.15) is 12.4 Å². The lowest BCUT2D eigenvalue weighted by molar-refractivity contribution is 0.517. The first-order chi connectivity index (χ1) is 9.43. The van der Waals surface area contributed by atoms with Crippen LogP contribution in [0.1, 0.15) is 37.3 Å². The highest BCUT2D eigenvalue weighted by molar-refractivity contribution is 5.47. The van der Waals surface area contributed by atoms with Crippen molar-refractivity contribution in [3.05, 3.63) is 53.5 Å². The van der Waals surface area contributed by atoms with E-state index in [9.17, 15) is 0 Å². The van der Waals surface area contributed by atoms with E-state index in [-0.39, 0.29) is 6.04 Å². The van der Waals surface area contributed by atoms with Crippen molar-refractivity contribution in [2.45, 2.75) is 31.7 Å². The Morgan fingerprint density at radius 1 is 1.11 bits per heavy atom. The van der Waals surface area contributed by atoms with Crippen LogP contribution in [0, 0.1) is 0 Å². The van der Waals surface area contributed by atoms with E-state index >= 15 is 0 Å². The van der Waals surface area contributed by atoms with Gasteiger partial charge in [0.05, 0.1) is 0 Å². The molecule has 19 heavy (non-hydrogen) atoms. The van der Waals surface area contributed by atoms with Gasteiger partial charge in [-0.25, -0.2) is 4.68 Å². The second kappa shape index (κ2) is 4.23. The first-order valence-corrected chi connectivity index (χ1v) is 6.87. The zero-order chi connectivity index (χ0) is 12.7. The minimum atomic E-state index is 0.218. The van der Waals surface area contributed by atoms with Crippen molar-refractivity contribution in [2.24, 2.45) is 0 Å². The highest BCUT2D eigenvalue weighted by atomic mass is 15.4. The largest absolute Gasteiger partial charge is 0.328 e. The van der Waals surface area contributed by atoms with Gasteiger partial charge in [-0.3, -0.25) is 0 Å². The summed E-state index contributed by atoms with van der Waals surface area (Å²) in [5, 5.41) is 7.86. The summed E-state index contributed by atoms with van der Waals surface area (Å²) >= 11 is 0. The molecule has 1 aromatic carbocycles. The van der Waals surface area contributed by atoms with Crippen LogP contribution >= 0.6 is 0 Å². The van der Waals surface area contributed by atoms with Crippen molar-refractivity contribution in [2.75, 3.05) is 5.32 Å². The van der Waals surface area contributed by atoms with Crippen molar-refractivity contribution in [1.29, 1.82) is 0 Å². The summed E-state index contributed by atoms with van der Waals surface area (Å²) in [7, 11) is 0. The number of nitrogens with zero attached hydrogens (tertiary/aromatic N) is 3. The minimum Gasteiger partial charge on any atom is -0.328 e. The molecule has 0 saturated carbocycles. The monoisotopic (exact) mass is 252 g/mol. The Morgan fingerprint density at radius 2 is 1.95 bits per heavy atom. The summed E-state index contributed by atoms with van der Waals surface area (Å²) in [4.78, 5) is 4.33. The highest BCUT2D eigenvalue weighted by Crippen LogP contribution is 2.40. The van der Waals surface area contributed by atoms with Crippen molar-refractivity contribution in [3.63, 3.8) is 0 Å². The fourth-order valence-electron chi connectivity index (χ4n) is 3.16. The maximum atomic E-state index is 4.41. The van der Waals surface area contributed by atoms with Gasteiger partial charge >= 0.3 is 0 Å². The predicted octanol–water partition coefficient (Wildman–Crippen LogP) is 3.12. The number of allylic oxidation sites excluding steroid dienone is 2. The minimum absolute atomic E-state index is 0.218. The third-order valence-corrected chi connectivity index (χ3v) is 4.04. The number of hydrogen-bond donors (Lipinski definition) is 1. The van der Waals surface area contributed by atoms with Crippen LogP contribution in [0.5, 0.6) is 0 Å². The average Bonchev–Trinajstić information content (AvgIpc) is 2.93. The molecular weight excluding hydrogens is 236 g/mol. The van der Waals surface area contributed by atoms with Gasteiger partial charge in [-0.1, -0.05) is 30.3 Å². The van der Waals surface area contributed by atoms with E-state index in [1.807, 2.05) is 4.68 Å². The standard InChI is InChI=1S/C15H16N4/c1-2-6-11(7-3-1)14-12-8-4-5-9-13(12)18-15-16-10-17-19(14)15/h1-3,6-7,10,14H,4-5,8-9H2,(H,16,17,18)/t14-/m0/s1. The fraction of sp³-hybridized carbons (Fsp3) is 0.333. The molecule has 0 bridgehead atoms. The first-order valence-electron chi connectivity index (χ1n) is 6.87. The van der Waals surface area contributed by atoms with E-state index < -0.39 is 0 Å². The molecule has 0 fully saturated rings. The molecular formula is C15H16N4. The van der Waals surface area contributed by atoms with Gasteiger partial charge in [-0.15, -0.1) is 0 Å². The Hall–Kier alpha value is -2.10.